The van der Waals surface area contributed by atoms with Gasteiger partial charge in [0.25, 0.3) is 17.3 Å². The predicted octanol–water partition coefficient (Wildman–Crippen LogP) is 4.22. The zero-order valence-electron chi connectivity index (χ0n) is 13.8. The van der Waals surface area contributed by atoms with E-state index in [1.54, 1.807) is 25.1 Å². The minimum atomic E-state index is -0.504. The van der Waals surface area contributed by atoms with Crippen LogP contribution in [0, 0.1) is 27.2 Å². The molecule has 1 fully saturated rings. The Morgan fingerprint density at radius 1 is 1.04 bits per heavy atom. The normalized spacial score (nSPS) is 15.4. The first kappa shape index (κ1) is 18.7. The monoisotopic (exact) mass is 401 g/mol. The summed E-state index contributed by atoms with van der Waals surface area (Å²) in [5.74, 6) is -0.347. The van der Waals surface area contributed by atoms with Gasteiger partial charge in [-0.25, -0.2) is 0 Å². The number of hydrogen-bond acceptors (Lipinski definition) is 7. The van der Waals surface area contributed by atoms with Crippen molar-refractivity contribution >= 4 is 57.3 Å². The number of benzene rings is 2. The van der Waals surface area contributed by atoms with Crippen LogP contribution in [0.1, 0.15) is 11.1 Å². The number of anilines is 1. The van der Waals surface area contributed by atoms with E-state index in [0.717, 1.165) is 11.8 Å². The highest BCUT2D eigenvalue weighted by Crippen LogP contribution is 2.38. The van der Waals surface area contributed by atoms with Gasteiger partial charge in [0.1, 0.15) is 0 Å². The first-order valence-corrected chi connectivity index (χ1v) is 8.78. The van der Waals surface area contributed by atoms with E-state index in [4.69, 9.17) is 12.2 Å². The fraction of sp³-hybridized carbons (Fsp3) is 0.0588. The van der Waals surface area contributed by atoms with Crippen LogP contribution in [0.5, 0.6) is 0 Å². The zero-order chi connectivity index (χ0) is 19.7. The van der Waals surface area contributed by atoms with E-state index in [-0.39, 0.29) is 17.3 Å². The van der Waals surface area contributed by atoms with Crippen LogP contribution in [0.4, 0.5) is 17.1 Å². The molecular formula is C17H11N3O5S2. The van der Waals surface area contributed by atoms with Gasteiger partial charge in [0.05, 0.1) is 20.4 Å². The molecule has 10 heteroatoms. The minimum absolute atomic E-state index is 0.0406. The number of rotatable bonds is 4. The van der Waals surface area contributed by atoms with Crippen molar-refractivity contribution in [3.63, 3.8) is 0 Å². The van der Waals surface area contributed by atoms with Crippen molar-refractivity contribution < 1.29 is 14.6 Å². The molecule has 1 aliphatic heterocycles. The molecule has 8 nitrogen and oxygen atoms in total. The highest BCUT2D eigenvalue weighted by atomic mass is 32.2. The van der Waals surface area contributed by atoms with Crippen LogP contribution >= 0.6 is 24.0 Å². The van der Waals surface area contributed by atoms with Crippen LogP contribution in [-0.2, 0) is 4.79 Å². The lowest BCUT2D eigenvalue weighted by molar-refractivity contribution is -0.385. The largest absolute Gasteiger partial charge is 0.270 e. The third kappa shape index (κ3) is 3.71. The maximum atomic E-state index is 12.8. The van der Waals surface area contributed by atoms with E-state index in [1.807, 2.05) is 0 Å². The number of non-ortho nitro benzene ring substituents is 2. The quantitative estimate of drug-likeness (QED) is 0.327. The van der Waals surface area contributed by atoms with Gasteiger partial charge < -0.3 is 0 Å². The SMILES string of the molecule is Cc1cc([N+](=O)[O-])ccc1N1C(=O)/C(=C/c2ccc([N+](=O)[O-])cc2)SC1=S. The van der Waals surface area contributed by atoms with Gasteiger partial charge >= 0.3 is 0 Å². The molecule has 3 rings (SSSR count). The Labute approximate surface area is 162 Å². The summed E-state index contributed by atoms with van der Waals surface area (Å²) in [6.45, 7) is 1.67. The Morgan fingerprint density at radius 3 is 2.19 bits per heavy atom. The van der Waals surface area contributed by atoms with Crippen molar-refractivity contribution in [3.8, 4) is 0 Å². The van der Waals surface area contributed by atoms with Crippen LogP contribution in [0.3, 0.4) is 0 Å². The van der Waals surface area contributed by atoms with Crippen LogP contribution in [0.15, 0.2) is 47.4 Å². The molecule has 0 unspecified atom stereocenters. The lowest BCUT2D eigenvalue weighted by Crippen LogP contribution is -2.28. The van der Waals surface area contributed by atoms with Gasteiger partial charge in [0, 0.05) is 24.3 Å². The fourth-order valence-corrected chi connectivity index (χ4v) is 3.81. The molecule has 0 spiro atoms. The Bertz CT molecular complexity index is 1020. The molecule has 0 saturated carbocycles. The van der Waals surface area contributed by atoms with Crippen LogP contribution in [0.2, 0.25) is 0 Å². The van der Waals surface area contributed by atoms with Gasteiger partial charge in [-0.3, -0.25) is 29.9 Å². The lowest BCUT2D eigenvalue weighted by atomic mass is 10.1. The Morgan fingerprint density at radius 2 is 1.63 bits per heavy atom. The smallest absolute Gasteiger partial charge is 0.268 e. The molecule has 0 aromatic heterocycles. The summed E-state index contributed by atoms with van der Waals surface area (Å²) >= 11 is 6.40. The summed E-state index contributed by atoms with van der Waals surface area (Å²) in [7, 11) is 0. The number of hydrogen-bond donors (Lipinski definition) is 0. The summed E-state index contributed by atoms with van der Waals surface area (Å²) in [4.78, 5) is 35.1. The van der Waals surface area contributed by atoms with Crippen LogP contribution < -0.4 is 4.90 Å². The summed E-state index contributed by atoms with van der Waals surface area (Å²) in [6.07, 6.45) is 1.60. The first-order valence-electron chi connectivity index (χ1n) is 7.55. The number of thioether (sulfide) groups is 1. The Balaban J connectivity index is 1.91. The van der Waals surface area contributed by atoms with Crippen molar-refractivity contribution in [2.75, 3.05) is 4.90 Å². The van der Waals surface area contributed by atoms with Crippen molar-refractivity contribution in [2.24, 2.45) is 0 Å². The minimum Gasteiger partial charge on any atom is -0.268 e. The molecule has 0 atom stereocenters. The van der Waals surface area contributed by atoms with E-state index in [2.05, 4.69) is 0 Å². The number of amides is 1. The van der Waals surface area contributed by atoms with Gasteiger partial charge in [0.15, 0.2) is 4.32 Å². The second-order valence-corrected chi connectivity index (χ2v) is 7.27. The molecule has 27 heavy (non-hydrogen) atoms. The topological polar surface area (TPSA) is 107 Å². The number of carbonyl (C=O) groups is 1. The van der Waals surface area contributed by atoms with E-state index >= 15 is 0 Å². The highest BCUT2D eigenvalue weighted by Gasteiger charge is 2.34. The third-order valence-electron chi connectivity index (χ3n) is 3.83. The number of aryl methyl sites for hydroxylation is 1. The molecule has 2 aromatic rings. The third-order valence-corrected chi connectivity index (χ3v) is 5.13. The van der Waals surface area contributed by atoms with Crippen LogP contribution in [-0.4, -0.2) is 20.1 Å². The highest BCUT2D eigenvalue weighted by molar-refractivity contribution is 8.27. The summed E-state index contributed by atoms with van der Waals surface area (Å²) in [6, 6.07) is 9.99. The fourth-order valence-electron chi connectivity index (χ4n) is 2.52. The summed E-state index contributed by atoms with van der Waals surface area (Å²) < 4.78 is 0.310. The average Bonchev–Trinajstić information content (AvgIpc) is 2.89. The molecular weight excluding hydrogens is 390 g/mol. The Hall–Kier alpha value is -3.11. The molecule has 0 bridgehead atoms. The van der Waals surface area contributed by atoms with Gasteiger partial charge in [-0.05, 0) is 42.3 Å². The maximum absolute atomic E-state index is 12.8. The summed E-state index contributed by atoms with van der Waals surface area (Å²) in [5.41, 5.74) is 1.55. The van der Waals surface area contributed by atoms with Gasteiger partial charge in [-0.15, -0.1) is 0 Å². The molecule has 1 aliphatic rings. The number of carbonyl (C=O) groups excluding carboxylic acids is 1. The van der Waals surface area contributed by atoms with Gasteiger partial charge in [-0.2, -0.15) is 0 Å². The van der Waals surface area contributed by atoms with E-state index in [1.165, 1.54) is 35.2 Å². The number of nitro groups is 2. The van der Waals surface area contributed by atoms with Crippen molar-refractivity contribution in [3.05, 3.63) is 78.7 Å². The molecule has 1 heterocycles. The molecule has 0 radical (unpaired) electrons. The standard InChI is InChI=1S/C17H11N3O5S2/c1-10-8-13(20(24)25)6-7-14(10)18-16(21)15(27-17(18)26)9-11-2-4-12(5-3-11)19(22)23/h2-9H,1H3/b15-9-. The molecule has 1 amide bonds. The van der Waals surface area contributed by atoms with Crippen molar-refractivity contribution in [1.82, 2.24) is 0 Å². The number of thiocarbonyl (C=S) groups is 1. The average molecular weight is 401 g/mol. The van der Waals surface area contributed by atoms with Gasteiger partial charge in [0.2, 0.25) is 0 Å². The maximum Gasteiger partial charge on any atom is 0.270 e. The molecule has 1 saturated heterocycles. The van der Waals surface area contributed by atoms with Crippen molar-refractivity contribution in [1.29, 1.82) is 0 Å². The van der Waals surface area contributed by atoms with E-state index in [9.17, 15) is 25.0 Å². The van der Waals surface area contributed by atoms with Crippen LogP contribution in [0.25, 0.3) is 6.08 Å². The second kappa shape index (κ2) is 7.25. The number of nitro benzene ring substituents is 2. The lowest BCUT2D eigenvalue weighted by Gasteiger charge is -2.16. The van der Waals surface area contributed by atoms with Gasteiger partial charge in [-0.1, -0.05) is 24.0 Å². The first-order chi connectivity index (χ1) is 12.8. The van der Waals surface area contributed by atoms with E-state index < -0.39 is 9.85 Å². The molecule has 0 N–H and O–H groups in total. The summed E-state index contributed by atoms with van der Waals surface area (Å²) in [5, 5.41) is 21.6. The predicted molar refractivity (Wildman–Crippen MR) is 107 cm³/mol. The molecule has 0 aliphatic carbocycles. The number of nitrogens with zero attached hydrogens (tertiary/aromatic N) is 3. The van der Waals surface area contributed by atoms with Crippen molar-refractivity contribution in [2.45, 2.75) is 6.92 Å². The second-order valence-electron chi connectivity index (χ2n) is 5.59. The van der Waals surface area contributed by atoms with E-state index in [0.29, 0.717) is 26.0 Å². The molecule has 2 aromatic carbocycles. The zero-order valence-corrected chi connectivity index (χ0v) is 15.5. The Kier molecular flexibility index (Phi) is 5.02. The molecule has 136 valence electrons.